The summed E-state index contributed by atoms with van der Waals surface area (Å²) in [5.41, 5.74) is 0.815. The molecule has 0 fully saturated rings. The molecule has 0 unspecified atom stereocenters. The van der Waals surface area contributed by atoms with Gasteiger partial charge < -0.3 is 9.47 Å². The van der Waals surface area contributed by atoms with Gasteiger partial charge in [0.1, 0.15) is 5.75 Å². The molecule has 20 heavy (non-hydrogen) atoms. The van der Waals surface area contributed by atoms with Crippen LogP contribution in [0.5, 0.6) is 17.5 Å². The number of halogens is 1. The standard InChI is InChI=1S/C13H11BrN2O4/c1-8-3-5-11(9(14)7-8)20-13-10(16(17)18)4-6-12(15-13)19-2/h3-7H,1-2H3. The van der Waals surface area contributed by atoms with Crippen molar-refractivity contribution in [1.82, 2.24) is 4.98 Å². The number of aryl methyl sites for hydroxylation is 1. The minimum atomic E-state index is -0.552. The molecule has 1 heterocycles. The molecule has 0 amide bonds. The van der Waals surface area contributed by atoms with E-state index in [0.717, 1.165) is 5.56 Å². The molecule has 6 nitrogen and oxygen atoms in total. The van der Waals surface area contributed by atoms with Gasteiger partial charge in [-0.15, -0.1) is 0 Å². The molecule has 104 valence electrons. The van der Waals surface area contributed by atoms with E-state index in [1.165, 1.54) is 19.2 Å². The topological polar surface area (TPSA) is 74.5 Å². The summed E-state index contributed by atoms with van der Waals surface area (Å²) in [5.74, 6) is 0.576. The summed E-state index contributed by atoms with van der Waals surface area (Å²) in [4.78, 5) is 14.4. The van der Waals surface area contributed by atoms with Crippen LogP contribution in [-0.4, -0.2) is 17.0 Å². The first-order chi connectivity index (χ1) is 9.51. The van der Waals surface area contributed by atoms with Crippen LogP contribution in [0, 0.1) is 17.0 Å². The molecular weight excluding hydrogens is 328 g/mol. The second kappa shape index (κ2) is 5.87. The maximum atomic E-state index is 11.0. The third kappa shape index (κ3) is 3.05. The maximum Gasteiger partial charge on any atom is 0.331 e. The van der Waals surface area contributed by atoms with Gasteiger partial charge in [-0.05, 0) is 40.5 Å². The lowest BCUT2D eigenvalue weighted by molar-refractivity contribution is -0.386. The summed E-state index contributed by atoms with van der Waals surface area (Å²) >= 11 is 3.35. The van der Waals surface area contributed by atoms with E-state index >= 15 is 0 Å². The van der Waals surface area contributed by atoms with Gasteiger partial charge in [-0.2, -0.15) is 4.98 Å². The predicted octanol–water partition coefficient (Wildman–Crippen LogP) is 3.86. The Balaban J connectivity index is 2.43. The van der Waals surface area contributed by atoms with Crippen molar-refractivity contribution in [3.63, 3.8) is 0 Å². The van der Waals surface area contributed by atoms with Gasteiger partial charge in [0, 0.05) is 12.1 Å². The molecule has 0 N–H and O–H groups in total. The number of nitro groups is 1. The molecule has 2 aromatic rings. The van der Waals surface area contributed by atoms with E-state index in [1.807, 2.05) is 19.1 Å². The number of hydrogen-bond acceptors (Lipinski definition) is 5. The number of rotatable bonds is 4. The Morgan fingerprint density at radius 3 is 2.65 bits per heavy atom. The Hall–Kier alpha value is -2.15. The highest BCUT2D eigenvalue weighted by Crippen LogP contribution is 2.35. The number of pyridine rings is 1. The van der Waals surface area contributed by atoms with Crippen molar-refractivity contribution in [2.75, 3.05) is 7.11 Å². The van der Waals surface area contributed by atoms with Crippen molar-refractivity contribution < 1.29 is 14.4 Å². The van der Waals surface area contributed by atoms with Crippen molar-refractivity contribution in [2.45, 2.75) is 6.92 Å². The van der Waals surface area contributed by atoms with Gasteiger partial charge in [0.25, 0.3) is 0 Å². The highest BCUT2D eigenvalue weighted by atomic mass is 79.9. The molecular formula is C13H11BrN2O4. The number of ether oxygens (including phenoxy) is 2. The Morgan fingerprint density at radius 2 is 2.05 bits per heavy atom. The first kappa shape index (κ1) is 14.3. The highest BCUT2D eigenvalue weighted by Gasteiger charge is 2.19. The summed E-state index contributed by atoms with van der Waals surface area (Å²) in [6, 6.07) is 8.11. The van der Waals surface area contributed by atoms with Gasteiger partial charge >= 0.3 is 11.6 Å². The smallest absolute Gasteiger partial charge is 0.331 e. The van der Waals surface area contributed by atoms with Gasteiger partial charge in [-0.25, -0.2) is 0 Å². The summed E-state index contributed by atoms with van der Waals surface area (Å²) < 4.78 is 11.2. The lowest BCUT2D eigenvalue weighted by atomic mass is 10.2. The van der Waals surface area contributed by atoms with Crippen LogP contribution in [0.4, 0.5) is 5.69 Å². The van der Waals surface area contributed by atoms with Gasteiger partial charge in [-0.3, -0.25) is 10.1 Å². The van der Waals surface area contributed by atoms with Crippen LogP contribution in [0.1, 0.15) is 5.56 Å². The summed E-state index contributed by atoms with van der Waals surface area (Å²) in [7, 11) is 1.43. The molecule has 0 saturated carbocycles. The first-order valence-corrected chi connectivity index (χ1v) is 6.44. The van der Waals surface area contributed by atoms with Crippen molar-refractivity contribution in [3.8, 4) is 17.5 Å². The molecule has 0 radical (unpaired) electrons. The lowest BCUT2D eigenvalue weighted by Gasteiger charge is -2.08. The highest BCUT2D eigenvalue weighted by molar-refractivity contribution is 9.10. The molecule has 0 aliphatic rings. The average Bonchev–Trinajstić information content (AvgIpc) is 2.41. The van der Waals surface area contributed by atoms with Crippen LogP contribution in [0.25, 0.3) is 0 Å². The van der Waals surface area contributed by atoms with E-state index < -0.39 is 4.92 Å². The van der Waals surface area contributed by atoms with Crippen molar-refractivity contribution in [1.29, 1.82) is 0 Å². The number of hydrogen-bond donors (Lipinski definition) is 0. The quantitative estimate of drug-likeness (QED) is 0.625. The SMILES string of the molecule is COc1ccc([N+](=O)[O-])c(Oc2ccc(C)cc2Br)n1. The Bertz CT molecular complexity index is 661. The van der Waals surface area contributed by atoms with Gasteiger partial charge in [-0.1, -0.05) is 6.07 Å². The molecule has 7 heteroatoms. The molecule has 1 aromatic heterocycles. The lowest BCUT2D eigenvalue weighted by Crippen LogP contribution is -1.98. The zero-order valence-corrected chi connectivity index (χ0v) is 12.4. The first-order valence-electron chi connectivity index (χ1n) is 5.64. The van der Waals surface area contributed by atoms with Crippen LogP contribution in [0.2, 0.25) is 0 Å². The van der Waals surface area contributed by atoms with Crippen molar-refractivity contribution >= 4 is 21.6 Å². The number of benzene rings is 1. The third-order valence-corrected chi connectivity index (χ3v) is 3.13. The molecule has 0 atom stereocenters. The van der Waals surface area contributed by atoms with Crippen LogP contribution >= 0.6 is 15.9 Å². The van der Waals surface area contributed by atoms with Crippen LogP contribution in [0.3, 0.4) is 0 Å². The number of methoxy groups -OCH3 is 1. The van der Waals surface area contributed by atoms with Gasteiger partial charge in [0.05, 0.1) is 16.5 Å². The molecule has 0 saturated heterocycles. The monoisotopic (exact) mass is 338 g/mol. The van der Waals surface area contributed by atoms with Crippen molar-refractivity contribution in [2.24, 2.45) is 0 Å². The van der Waals surface area contributed by atoms with E-state index in [-0.39, 0.29) is 17.4 Å². The van der Waals surface area contributed by atoms with E-state index in [1.54, 1.807) is 6.07 Å². The van der Waals surface area contributed by atoms with Crippen molar-refractivity contribution in [3.05, 3.63) is 50.5 Å². The van der Waals surface area contributed by atoms with E-state index in [4.69, 9.17) is 9.47 Å². The predicted molar refractivity (Wildman–Crippen MR) is 76.4 cm³/mol. The zero-order valence-electron chi connectivity index (χ0n) is 10.8. The third-order valence-electron chi connectivity index (χ3n) is 2.51. The largest absolute Gasteiger partial charge is 0.481 e. The second-order valence-corrected chi connectivity index (χ2v) is 4.83. The minimum Gasteiger partial charge on any atom is -0.481 e. The Kier molecular flexibility index (Phi) is 4.19. The number of aromatic nitrogens is 1. The molecule has 1 aromatic carbocycles. The fourth-order valence-electron chi connectivity index (χ4n) is 1.54. The minimum absolute atomic E-state index is 0.112. The van der Waals surface area contributed by atoms with E-state index in [2.05, 4.69) is 20.9 Å². The van der Waals surface area contributed by atoms with Gasteiger partial charge in [0.2, 0.25) is 5.88 Å². The Morgan fingerprint density at radius 1 is 1.30 bits per heavy atom. The molecule has 0 aliphatic heterocycles. The molecule has 2 rings (SSSR count). The fraction of sp³-hybridized carbons (Fsp3) is 0.154. The molecule has 0 aliphatic carbocycles. The average molecular weight is 339 g/mol. The molecule has 0 bridgehead atoms. The van der Waals surface area contributed by atoms with Crippen LogP contribution in [-0.2, 0) is 0 Å². The normalized spacial score (nSPS) is 10.2. The summed E-state index contributed by atoms with van der Waals surface area (Å²) in [6.45, 7) is 1.93. The summed E-state index contributed by atoms with van der Waals surface area (Å²) in [5, 5.41) is 11.0. The maximum absolute atomic E-state index is 11.0. The van der Waals surface area contributed by atoms with E-state index in [9.17, 15) is 10.1 Å². The van der Waals surface area contributed by atoms with E-state index in [0.29, 0.717) is 10.2 Å². The van der Waals surface area contributed by atoms with Gasteiger partial charge in [0.15, 0.2) is 0 Å². The Labute approximate surface area is 123 Å². The molecule has 0 spiro atoms. The summed E-state index contributed by atoms with van der Waals surface area (Å²) in [6.07, 6.45) is 0. The fourth-order valence-corrected chi connectivity index (χ4v) is 2.11. The van der Waals surface area contributed by atoms with Crippen LogP contribution < -0.4 is 9.47 Å². The second-order valence-electron chi connectivity index (χ2n) is 3.97. The van der Waals surface area contributed by atoms with Crippen LogP contribution in [0.15, 0.2) is 34.8 Å². The zero-order chi connectivity index (χ0) is 14.7. The number of nitrogens with zero attached hydrogens (tertiary/aromatic N) is 2.